The van der Waals surface area contributed by atoms with Crippen LogP contribution in [-0.4, -0.2) is 156 Å². The van der Waals surface area contributed by atoms with E-state index in [9.17, 15) is 50.8 Å². The maximum absolute atomic E-state index is 11.3. The van der Waals surface area contributed by atoms with E-state index in [1.807, 2.05) is 0 Å². The third kappa shape index (κ3) is 5.29. The van der Waals surface area contributed by atoms with Crippen LogP contribution in [0.1, 0.15) is 0 Å². The van der Waals surface area contributed by atoms with Crippen molar-refractivity contribution < 1.29 is 79.5 Å². The second-order valence-corrected chi connectivity index (χ2v) is 7.93. The Kier molecular flexibility index (Phi) is 8.57. The lowest BCUT2D eigenvalue weighted by Crippen LogP contribution is -2.66. The highest BCUT2D eigenvalue weighted by Crippen LogP contribution is 2.31. The Balaban J connectivity index is 1.82. The number of aliphatic hydroxyl groups is 9. The summed E-state index contributed by atoms with van der Waals surface area (Å²) in [7, 11) is 0. The van der Waals surface area contributed by atoms with Gasteiger partial charge in [0.25, 0.3) is 0 Å². The molecule has 3 aliphatic rings. The Labute approximate surface area is 185 Å². The Morgan fingerprint density at radius 3 is 1.97 bits per heavy atom. The fourth-order valence-electron chi connectivity index (χ4n) is 3.73. The van der Waals surface area contributed by atoms with Crippen molar-refractivity contribution in [3.8, 4) is 0 Å². The van der Waals surface area contributed by atoms with E-state index in [0.717, 1.165) is 0 Å². The number of rotatable bonds is 6. The summed E-state index contributed by atoms with van der Waals surface area (Å²) in [5, 5.41) is 98.9. The van der Waals surface area contributed by atoms with Crippen molar-refractivity contribution in [1.29, 1.82) is 0 Å². The fourth-order valence-corrected chi connectivity index (χ4v) is 3.73. The van der Waals surface area contributed by atoms with Crippen molar-refractivity contribution in [3.05, 3.63) is 0 Å². The quantitative estimate of drug-likeness (QED) is 0.166. The molecule has 16 heteroatoms. The second-order valence-electron chi connectivity index (χ2n) is 7.93. The van der Waals surface area contributed by atoms with Gasteiger partial charge in [-0.15, -0.1) is 0 Å². The highest BCUT2D eigenvalue weighted by atomic mass is 16.8. The number of hydrogen-bond acceptors (Lipinski definition) is 15. The minimum atomic E-state index is -2.03. The molecule has 3 saturated heterocycles. The van der Waals surface area contributed by atoms with E-state index in [0.29, 0.717) is 0 Å². The topological polar surface area (TPSA) is 266 Å². The average molecular weight is 488 g/mol. The third-order valence-electron chi connectivity index (χ3n) is 5.67. The van der Waals surface area contributed by atoms with Crippen molar-refractivity contribution in [1.82, 2.24) is 0 Å². The molecule has 3 aliphatic heterocycles. The number of carboxylic acid groups (broad SMARTS) is 1. The molecule has 10 N–H and O–H groups in total. The van der Waals surface area contributed by atoms with Crippen LogP contribution in [0.15, 0.2) is 0 Å². The van der Waals surface area contributed by atoms with E-state index in [2.05, 4.69) is 0 Å². The van der Waals surface area contributed by atoms with Crippen LogP contribution >= 0.6 is 0 Å². The minimum absolute atomic E-state index is 0.464. The second kappa shape index (κ2) is 10.7. The van der Waals surface area contributed by atoms with Crippen molar-refractivity contribution >= 4 is 5.97 Å². The number of hydrogen-bond donors (Lipinski definition) is 10. The van der Waals surface area contributed by atoms with Gasteiger partial charge in [0, 0.05) is 0 Å². The van der Waals surface area contributed by atoms with E-state index < -0.39 is 105 Å². The summed E-state index contributed by atoms with van der Waals surface area (Å²) >= 11 is 0. The molecule has 192 valence electrons. The van der Waals surface area contributed by atoms with Gasteiger partial charge in [0.2, 0.25) is 0 Å². The van der Waals surface area contributed by atoms with Crippen molar-refractivity contribution in [2.24, 2.45) is 0 Å². The maximum Gasteiger partial charge on any atom is 0.335 e. The number of carbonyl (C=O) groups is 1. The van der Waals surface area contributed by atoms with Crippen molar-refractivity contribution in [2.45, 2.75) is 86.0 Å². The van der Waals surface area contributed by atoms with Crippen LogP contribution in [0.25, 0.3) is 0 Å². The molecule has 0 aromatic heterocycles. The van der Waals surface area contributed by atoms with Crippen LogP contribution < -0.4 is 0 Å². The first kappa shape index (κ1) is 26.5. The van der Waals surface area contributed by atoms with Crippen LogP contribution in [0.3, 0.4) is 0 Å². The molecule has 14 atom stereocenters. The highest BCUT2D eigenvalue weighted by Gasteiger charge is 2.53. The van der Waals surface area contributed by atoms with E-state index in [1.165, 1.54) is 0 Å². The van der Waals surface area contributed by atoms with Gasteiger partial charge in [0.15, 0.2) is 25.0 Å². The van der Waals surface area contributed by atoms with Crippen LogP contribution in [0.2, 0.25) is 0 Å². The molecule has 0 unspecified atom stereocenters. The zero-order valence-electron chi connectivity index (χ0n) is 16.9. The number of carboxylic acids is 1. The molecule has 0 radical (unpaired) electrons. The van der Waals surface area contributed by atoms with Crippen molar-refractivity contribution in [2.75, 3.05) is 13.2 Å². The molecule has 0 amide bonds. The average Bonchev–Trinajstić information content (AvgIpc) is 2.77. The molecular weight excluding hydrogens is 460 g/mol. The van der Waals surface area contributed by atoms with E-state index >= 15 is 0 Å². The van der Waals surface area contributed by atoms with Gasteiger partial charge in [0.1, 0.15) is 61.0 Å². The Morgan fingerprint density at radius 1 is 0.758 bits per heavy atom. The van der Waals surface area contributed by atoms with Gasteiger partial charge in [0.05, 0.1) is 13.2 Å². The van der Waals surface area contributed by atoms with Gasteiger partial charge in [-0.2, -0.15) is 0 Å². The molecule has 3 heterocycles. The molecule has 0 aromatic rings. The summed E-state index contributed by atoms with van der Waals surface area (Å²) in [6, 6.07) is 0. The van der Waals surface area contributed by atoms with Crippen LogP contribution in [-0.2, 0) is 28.5 Å². The van der Waals surface area contributed by atoms with Crippen LogP contribution in [0.4, 0.5) is 0 Å². The normalized spacial score (nSPS) is 51.3. The largest absolute Gasteiger partial charge is 0.479 e. The van der Waals surface area contributed by atoms with Crippen LogP contribution in [0, 0.1) is 0 Å². The summed E-state index contributed by atoms with van der Waals surface area (Å²) in [5.41, 5.74) is 0. The standard InChI is InChI=1S/C17H28O16/c18-1-4-6(21)11(31-17-10(25)7(22)8(23)12(32-17)14(26)27)13(15(28)30-4)33-16-9(24)5(20)3(19)2-29-16/h3-13,15-25,28H,1-2H2,(H,26,27)/t3-,4-,5+,6-,7+,8+,9-,10-,11+,12+,13-,15-,16+,17-/m1/s1. The lowest BCUT2D eigenvalue weighted by molar-refractivity contribution is -0.380. The highest BCUT2D eigenvalue weighted by molar-refractivity contribution is 5.73. The van der Waals surface area contributed by atoms with Gasteiger partial charge >= 0.3 is 5.97 Å². The summed E-state index contributed by atoms with van der Waals surface area (Å²) in [6.07, 6.45) is -25.3. The molecule has 3 fully saturated rings. The summed E-state index contributed by atoms with van der Waals surface area (Å²) in [6.45, 7) is -1.28. The SMILES string of the molecule is O=C(O)[C@H]1O[C@@H](O[C@H]2[C@H](O)[C@@H](CO)O[C@@H](O)[C@@H]2O[C@@H]2OC[C@@H](O)[C@H](O)[C@H]2O)[C@H](O)[C@@H](O)[C@@H]1O. The Bertz CT molecular complexity index is 665. The number of ether oxygens (including phenoxy) is 5. The van der Waals surface area contributed by atoms with Gasteiger partial charge in [-0.1, -0.05) is 0 Å². The molecule has 0 aliphatic carbocycles. The summed E-state index contributed by atoms with van der Waals surface area (Å²) < 4.78 is 25.9. The van der Waals surface area contributed by atoms with Gasteiger partial charge in [-0.05, 0) is 0 Å². The lowest BCUT2D eigenvalue weighted by atomic mass is 9.96. The first-order valence-electron chi connectivity index (χ1n) is 9.99. The monoisotopic (exact) mass is 488 g/mol. The van der Waals surface area contributed by atoms with E-state index in [-0.39, 0.29) is 0 Å². The predicted molar refractivity (Wildman–Crippen MR) is 95.8 cm³/mol. The minimum Gasteiger partial charge on any atom is -0.479 e. The molecule has 0 aromatic carbocycles. The lowest BCUT2D eigenvalue weighted by Gasteiger charge is -2.47. The fraction of sp³-hybridized carbons (Fsp3) is 0.941. The van der Waals surface area contributed by atoms with Gasteiger partial charge in [-0.3, -0.25) is 0 Å². The van der Waals surface area contributed by atoms with Gasteiger partial charge < -0.3 is 74.7 Å². The molecular formula is C17H28O16. The molecule has 0 spiro atoms. The molecule has 3 rings (SSSR count). The summed E-state index contributed by atoms with van der Waals surface area (Å²) in [5.74, 6) is -1.69. The Hall–Kier alpha value is -1.09. The zero-order chi connectivity index (χ0) is 24.6. The first-order valence-corrected chi connectivity index (χ1v) is 9.99. The molecule has 0 saturated carbocycles. The molecule has 33 heavy (non-hydrogen) atoms. The van der Waals surface area contributed by atoms with E-state index in [1.54, 1.807) is 0 Å². The first-order chi connectivity index (χ1) is 15.5. The van der Waals surface area contributed by atoms with Gasteiger partial charge in [-0.25, -0.2) is 4.79 Å². The molecule has 0 bridgehead atoms. The maximum atomic E-state index is 11.3. The third-order valence-corrected chi connectivity index (χ3v) is 5.67. The zero-order valence-corrected chi connectivity index (χ0v) is 16.9. The number of aliphatic hydroxyl groups excluding tert-OH is 9. The van der Waals surface area contributed by atoms with E-state index in [4.69, 9.17) is 28.8 Å². The van der Waals surface area contributed by atoms with Crippen molar-refractivity contribution in [3.63, 3.8) is 0 Å². The predicted octanol–water partition coefficient (Wildman–Crippen LogP) is -6.84. The van der Waals surface area contributed by atoms with Crippen LogP contribution in [0.5, 0.6) is 0 Å². The summed E-state index contributed by atoms with van der Waals surface area (Å²) in [4.78, 5) is 11.3. The molecule has 16 nitrogen and oxygen atoms in total. The Morgan fingerprint density at radius 2 is 1.36 bits per heavy atom. The smallest absolute Gasteiger partial charge is 0.335 e. The number of aliphatic carboxylic acids is 1.